The molecule has 0 radical (unpaired) electrons. The number of rotatable bonds is 2. The maximum absolute atomic E-state index is 12.0. The highest BCUT2D eigenvalue weighted by Crippen LogP contribution is 2.19. The average molecular weight is 226 g/mol. The fourth-order valence-electron chi connectivity index (χ4n) is 0.889. The number of hydrogen-bond acceptors (Lipinski definition) is 3. The molecule has 0 aromatic carbocycles. The summed E-state index contributed by atoms with van der Waals surface area (Å²) in [6, 6.07) is 1.36. The number of anilines is 1. The highest BCUT2D eigenvalue weighted by atomic mass is 35.5. The predicted molar refractivity (Wildman–Crippen MR) is 46.4 cm³/mol. The summed E-state index contributed by atoms with van der Waals surface area (Å²) in [6.07, 6.45) is -2.95. The van der Waals surface area contributed by atoms with Crippen molar-refractivity contribution in [3.63, 3.8) is 0 Å². The quantitative estimate of drug-likeness (QED) is 0.722. The van der Waals surface area contributed by atoms with Crippen molar-refractivity contribution in [3.8, 4) is 0 Å². The standard InChI is InChI=1S/C7H7ClF3N3/c1-14(4-7(9,10)11)5-2-3-12-6(8)13-5/h2-3H,4H2,1H3. The number of nitrogens with zero attached hydrogens (tertiary/aromatic N) is 3. The molecule has 0 bridgehead atoms. The SMILES string of the molecule is CN(CC(F)(F)F)c1ccnc(Cl)n1. The lowest BCUT2D eigenvalue weighted by Gasteiger charge is -2.19. The maximum atomic E-state index is 12.0. The Hall–Kier alpha value is -1.04. The second-order valence-electron chi connectivity index (χ2n) is 2.66. The van der Waals surface area contributed by atoms with Crippen molar-refractivity contribution >= 4 is 17.4 Å². The molecule has 0 aliphatic heterocycles. The lowest BCUT2D eigenvalue weighted by Crippen LogP contribution is -2.31. The molecule has 0 unspecified atom stereocenters. The van der Waals surface area contributed by atoms with Gasteiger partial charge in [0, 0.05) is 13.2 Å². The molecule has 1 aromatic heterocycles. The van der Waals surface area contributed by atoms with E-state index in [0.717, 1.165) is 4.90 Å². The first-order chi connectivity index (χ1) is 6.38. The maximum Gasteiger partial charge on any atom is 0.405 e. The van der Waals surface area contributed by atoms with E-state index in [2.05, 4.69) is 9.97 Å². The Morgan fingerprint density at radius 2 is 2.14 bits per heavy atom. The van der Waals surface area contributed by atoms with E-state index in [4.69, 9.17) is 11.6 Å². The van der Waals surface area contributed by atoms with Gasteiger partial charge in [-0.15, -0.1) is 0 Å². The minimum atomic E-state index is -4.26. The monoisotopic (exact) mass is 225 g/mol. The van der Waals surface area contributed by atoms with Gasteiger partial charge in [-0.1, -0.05) is 0 Å². The van der Waals surface area contributed by atoms with Gasteiger partial charge in [0.05, 0.1) is 0 Å². The van der Waals surface area contributed by atoms with Crippen molar-refractivity contribution in [3.05, 3.63) is 17.5 Å². The van der Waals surface area contributed by atoms with E-state index in [1.807, 2.05) is 0 Å². The molecular formula is C7H7ClF3N3. The fourth-order valence-corrected chi connectivity index (χ4v) is 1.03. The zero-order valence-corrected chi connectivity index (χ0v) is 7.97. The first-order valence-corrected chi connectivity index (χ1v) is 4.03. The van der Waals surface area contributed by atoms with Crippen molar-refractivity contribution in [2.75, 3.05) is 18.5 Å². The first kappa shape index (κ1) is 11.0. The van der Waals surface area contributed by atoms with Crippen LogP contribution in [0.3, 0.4) is 0 Å². The largest absolute Gasteiger partial charge is 0.405 e. The number of alkyl halides is 3. The Bertz CT molecular complexity index is 315. The number of hydrogen-bond donors (Lipinski definition) is 0. The molecule has 0 aliphatic carbocycles. The van der Waals surface area contributed by atoms with Gasteiger partial charge in [0.2, 0.25) is 5.28 Å². The topological polar surface area (TPSA) is 29.0 Å². The molecule has 0 fully saturated rings. The molecule has 3 nitrogen and oxygen atoms in total. The smallest absolute Gasteiger partial charge is 0.350 e. The molecule has 1 heterocycles. The first-order valence-electron chi connectivity index (χ1n) is 3.65. The summed E-state index contributed by atoms with van der Waals surface area (Å²) in [7, 11) is 1.28. The van der Waals surface area contributed by atoms with Crippen LogP contribution < -0.4 is 4.90 Å². The summed E-state index contributed by atoms with van der Waals surface area (Å²) in [4.78, 5) is 8.15. The van der Waals surface area contributed by atoms with Crippen LogP contribution in [-0.2, 0) is 0 Å². The molecule has 0 aliphatic rings. The Morgan fingerprint density at radius 3 is 2.64 bits per heavy atom. The summed E-state index contributed by atoms with van der Waals surface area (Å²) in [5.74, 6) is 0.141. The van der Waals surface area contributed by atoms with Crippen molar-refractivity contribution < 1.29 is 13.2 Å². The predicted octanol–water partition coefficient (Wildman–Crippen LogP) is 2.13. The average Bonchev–Trinajstić information content (AvgIpc) is 2.01. The molecule has 0 N–H and O–H groups in total. The highest BCUT2D eigenvalue weighted by molar-refractivity contribution is 6.28. The van der Waals surface area contributed by atoms with E-state index in [0.29, 0.717) is 0 Å². The van der Waals surface area contributed by atoms with Crippen LogP contribution >= 0.6 is 11.6 Å². The van der Waals surface area contributed by atoms with E-state index in [1.54, 1.807) is 0 Å². The van der Waals surface area contributed by atoms with Gasteiger partial charge >= 0.3 is 6.18 Å². The van der Waals surface area contributed by atoms with E-state index < -0.39 is 12.7 Å². The molecule has 0 spiro atoms. The van der Waals surface area contributed by atoms with Crippen LogP contribution in [0.15, 0.2) is 12.3 Å². The van der Waals surface area contributed by atoms with Crippen molar-refractivity contribution in [1.29, 1.82) is 0 Å². The summed E-state index contributed by atoms with van der Waals surface area (Å²) >= 11 is 5.43. The van der Waals surface area contributed by atoms with Gasteiger partial charge < -0.3 is 4.90 Å². The van der Waals surface area contributed by atoms with Gasteiger partial charge in [-0.25, -0.2) is 9.97 Å². The lowest BCUT2D eigenvalue weighted by atomic mass is 10.5. The zero-order chi connectivity index (χ0) is 10.8. The van der Waals surface area contributed by atoms with Crippen LogP contribution in [0.1, 0.15) is 0 Å². The Morgan fingerprint density at radius 1 is 1.50 bits per heavy atom. The third kappa shape index (κ3) is 3.37. The van der Waals surface area contributed by atoms with Crippen molar-refractivity contribution in [2.24, 2.45) is 0 Å². The van der Waals surface area contributed by atoms with Crippen molar-refractivity contribution in [1.82, 2.24) is 9.97 Å². The van der Waals surface area contributed by atoms with Crippen LogP contribution in [0.25, 0.3) is 0 Å². The van der Waals surface area contributed by atoms with Crippen LogP contribution in [0.2, 0.25) is 5.28 Å². The fraction of sp³-hybridized carbons (Fsp3) is 0.429. The van der Waals surface area contributed by atoms with Crippen LogP contribution in [0.4, 0.5) is 19.0 Å². The molecule has 1 rings (SSSR count). The number of halogens is 4. The minimum absolute atomic E-state index is 0.0727. The summed E-state index contributed by atoms with van der Waals surface area (Å²) in [5.41, 5.74) is 0. The van der Waals surface area contributed by atoms with Gasteiger partial charge in [0.1, 0.15) is 12.4 Å². The number of aromatic nitrogens is 2. The highest BCUT2D eigenvalue weighted by Gasteiger charge is 2.29. The zero-order valence-electron chi connectivity index (χ0n) is 7.22. The molecule has 0 saturated heterocycles. The van der Waals surface area contributed by atoms with Crippen molar-refractivity contribution in [2.45, 2.75) is 6.18 Å². The van der Waals surface area contributed by atoms with Gasteiger partial charge in [-0.05, 0) is 17.7 Å². The normalized spacial score (nSPS) is 11.5. The molecular weight excluding hydrogens is 219 g/mol. The molecule has 7 heteroatoms. The third-order valence-electron chi connectivity index (χ3n) is 1.42. The second kappa shape index (κ2) is 4.00. The van der Waals surface area contributed by atoms with Gasteiger partial charge in [-0.3, -0.25) is 0 Å². The third-order valence-corrected chi connectivity index (χ3v) is 1.60. The van der Waals surface area contributed by atoms with E-state index >= 15 is 0 Å². The molecule has 14 heavy (non-hydrogen) atoms. The molecule has 0 atom stereocenters. The molecule has 0 amide bonds. The van der Waals surface area contributed by atoms with Crippen LogP contribution in [-0.4, -0.2) is 29.7 Å². The molecule has 1 aromatic rings. The Labute approximate surface area is 83.5 Å². The minimum Gasteiger partial charge on any atom is -0.350 e. The Kier molecular flexibility index (Phi) is 3.15. The lowest BCUT2D eigenvalue weighted by molar-refractivity contribution is -0.119. The van der Waals surface area contributed by atoms with Crippen LogP contribution in [0, 0.1) is 0 Å². The van der Waals surface area contributed by atoms with E-state index in [9.17, 15) is 13.2 Å². The van der Waals surface area contributed by atoms with Crippen LogP contribution in [0.5, 0.6) is 0 Å². The van der Waals surface area contributed by atoms with Gasteiger partial charge in [-0.2, -0.15) is 13.2 Å². The molecule has 0 saturated carbocycles. The van der Waals surface area contributed by atoms with E-state index in [-0.39, 0.29) is 11.1 Å². The second-order valence-corrected chi connectivity index (χ2v) is 2.99. The summed E-state index contributed by atoms with van der Waals surface area (Å²) in [6.45, 7) is -1.07. The van der Waals surface area contributed by atoms with Gasteiger partial charge in [0.25, 0.3) is 0 Å². The summed E-state index contributed by atoms with van der Waals surface area (Å²) in [5, 5.41) is -0.0727. The Balaban J connectivity index is 2.74. The van der Waals surface area contributed by atoms with E-state index in [1.165, 1.54) is 19.3 Å². The summed E-state index contributed by atoms with van der Waals surface area (Å²) < 4.78 is 35.9. The molecule has 78 valence electrons. The van der Waals surface area contributed by atoms with Gasteiger partial charge in [0.15, 0.2) is 0 Å².